The average Bonchev–Trinajstić information content (AvgIpc) is 2.77. The van der Waals surface area contributed by atoms with Gasteiger partial charge in [0, 0.05) is 18.7 Å². The molecule has 1 atom stereocenters. The third kappa shape index (κ3) is 2.62. The molecule has 1 saturated heterocycles. The highest BCUT2D eigenvalue weighted by Crippen LogP contribution is 2.16. The van der Waals surface area contributed by atoms with Crippen LogP contribution in [0.3, 0.4) is 0 Å². The number of rotatable bonds is 3. The Labute approximate surface area is 99.4 Å². The van der Waals surface area contributed by atoms with Gasteiger partial charge in [0.15, 0.2) is 0 Å². The summed E-state index contributed by atoms with van der Waals surface area (Å²) < 4.78 is 0. The predicted octanol–water partition coefficient (Wildman–Crippen LogP) is 0.362. The molecule has 1 aromatic carbocycles. The van der Waals surface area contributed by atoms with E-state index in [1.54, 1.807) is 6.07 Å². The van der Waals surface area contributed by atoms with Crippen LogP contribution < -0.4 is 16.4 Å². The highest BCUT2D eigenvalue weighted by atomic mass is 16.2. The molecule has 0 unspecified atom stereocenters. The van der Waals surface area contributed by atoms with E-state index in [9.17, 15) is 9.59 Å². The first kappa shape index (κ1) is 11.6. The third-order valence-corrected chi connectivity index (χ3v) is 2.81. The van der Waals surface area contributed by atoms with Crippen molar-refractivity contribution in [1.82, 2.24) is 5.32 Å². The Kier molecular flexibility index (Phi) is 3.39. The van der Waals surface area contributed by atoms with Crippen LogP contribution in [0.4, 0.5) is 5.69 Å². The van der Waals surface area contributed by atoms with E-state index in [1.807, 2.05) is 18.2 Å². The second kappa shape index (κ2) is 4.97. The molecular formula is C12H15N3O2. The molecule has 0 aliphatic carbocycles. The fraction of sp³-hybridized carbons (Fsp3) is 0.333. The standard InChI is InChI=1S/C12H15N3O2/c13-7-8-3-1-2-4-9(8)15-12(17)10-5-6-11(16)14-10/h1-4,10H,5-7,13H2,(H,14,16)(H,15,17)/t10-/m0/s1. The third-order valence-electron chi connectivity index (χ3n) is 2.81. The van der Waals surface area contributed by atoms with Crippen molar-refractivity contribution >= 4 is 17.5 Å². The molecule has 1 aliphatic rings. The van der Waals surface area contributed by atoms with Crippen molar-refractivity contribution < 1.29 is 9.59 Å². The molecule has 2 rings (SSSR count). The van der Waals surface area contributed by atoms with E-state index >= 15 is 0 Å². The lowest BCUT2D eigenvalue weighted by molar-refractivity contribution is -0.122. The van der Waals surface area contributed by atoms with Gasteiger partial charge in [-0.1, -0.05) is 18.2 Å². The maximum absolute atomic E-state index is 11.9. The molecule has 0 saturated carbocycles. The number of para-hydroxylation sites is 1. The Hall–Kier alpha value is -1.88. The monoisotopic (exact) mass is 233 g/mol. The van der Waals surface area contributed by atoms with E-state index in [4.69, 9.17) is 5.73 Å². The van der Waals surface area contributed by atoms with Gasteiger partial charge >= 0.3 is 0 Å². The lowest BCUT2D eigenvalue weighted by Crippen LogP contribution is -2.37. The van der Waals surface area contributed by atoms with Crippen LogP contribution in [0.15, 0.2) is 24.3 Å². The van der Waals surface area contributed by atoms with Crippen LogP contribution in [-0.4, -0.2) is 17.9 Å². The average molecular weight is 233 g/mol. The van der Waals surface area contributed by atoms with Crippen LogP contribution in [0.5, 0.6) is 0 Å². The zero-order valence-electron chi connectivity index (χ0n) is 9.40. The maximum Gasteiger partial charge on any atom is 0.246 e. The fourth-order valence-corrected chi connectivity index (χ4v) is 1.85. The molecule has 1 aromatic rings. The number of benzene rings is 1. The van der Waals surface area contributed by atoms with Crippen molar-refractivity contribution in [2.75, 3.05) is 5.32 Å². The number of amides is 2. The minimum absolute atomic E-state index is 0.0720. The summed E-state index contributed by atoms with van der Waals surface area (Å²) in [5.41, 5.74) is 7.17. The molecule has 90 valence electrons. The van der Waals surface area contributed by atoms with Crippen molar-refractivity contribution in [3.63, 3.8) is 0 Å². The second-order valence-corrected chi connectivity index (χ2v) is 4.01. The first-order valence-corrected chi connectivity index (χ1v) is 5.59. The van der Waals surface area contributed by atoms with Crippen LogP contribution in [0.25, 0.3) is 0 Å². The van der Waals surface area contributed by atoms with E-state index < -0.39 is 6.04 Å². The quantitative estimate of drug-likeness (QED) is 0.705. The first-order chi connectivity index (χ1) is 8.20. The smallest absolute Gasteiger partial charge is 0.246 e. The van der Waals surface area contributed by atoms with Gasteiger partial charge in [0.1, 0.15) is 6.04 Å². The number of nitrogens with two attached hydrogens (primary N) is 1. The Morgan fingerprint density at radius 3 is 2.88 bits per heavy atom. The van der Waals surface area contributed by atoms with Crippen molar-refractivity contribution in [3.05, 3.63) is 29.8 Å². The SMILES string of the molecule is NCc1ccccc1NC(=O)[C@@H]1CCC(=O)N1. The molecule has 17 heavy (non-hydrogen) atoms. The number of hydrogen-bond donors (Lipinski definition) is 3. The summed E-state index contributed by atoms with van der Waals surface area (Å²) in [6.45, 7) is 0.369. The van der Waals surface area contributed by atoms with Crippen LogP contribution in [0.1, 0.15) is 18.4 Å². The van der Waals surface area contributed by atoms with Crippen molar-refractivity contribution in [2.45, 2.75) is 25.4 Å². The number of nitrogens with one attached hydrogen (secondary N) is 2. The second-order valence-electron chi connectivity index (χ2n) is 4.01. The van der Waals surface area contributed by atoms with E-state index in [0.717, 1.165) is 5.56 Å². The van der Waals surface area contributed by atoms with E-state index in [0.29, 0.717) is 25.1 Å². The summed E-state index contributed by atoms with van der Waals surface area (Å²) in [5, 5.41) is 5.42. The van der Waals surface area contributed by atoms with Gasteiger partial charge in [-0.2, -0.15) is 0 Å². The molecule has 2 amide bonds. The summed E-state index contributed by atoms with van der Waals surface area (Å²) >= 11 is 0. The Balaban J connectivity index is 2.05. The van der Waals surface area contributed by atoms with Crippen LogP contribution in [0, 0.1) is 0 Å². The van der Waals surface area contributed by atoms with Gasteiger partial charge in [-0.15, -0.1) is 0 Å². The molecule has 5 heteroatoms. The van der Waals surface area contributed by atoms with Crippen molar-refractivity contribution in [1.29, 1.82) is 0 Å². The summed E-state index contributed by atoms with van der Waals surface area (Å²) in [6, 6.07) is 6.95. The fourth-order valence-electron chi connectivity index (χ4n) is 1.85. The van der Waals surface area contributed by atoms with Crippen molar-refractivity contribution in [3.8, 4) is 0 Å². The van der Waals surface area contributed by atoms with Gasteiger partial charge in [0.05, 0.1) is 0 Å². The molecule has 1 heterocycles. The largest absolute Gasteiger partial charge is 0.344 e. The molecule has 0 bridgehead atoms. The zero-order chi connectivity index (χ0) is 12.3. The van der Waals surface area contributed by atoms with Crippen LogP contribution >= 0.6 is 0 Å². The molecule has 0 aromatic heterocycles. The Morgan fingerprint density at radius 2 is 2.24 bits per heavy atom. The molecule has 1 aliphatic heterocycles. The van der Waals surface area contributed by atoms with Gasteiger partial charge in [0.2, 0.25) is 11.8 Å². The molecule has 0 spiro atoms. The summed E-state index contributed by atoms with van der Waals surface area (Å²) in [7, 11) is 0. The molecule has 0 radical (unpaired) electrons. The van der Waals surface area contributed by atoms with Gasteiger partial charge in [-0.3, -0.25) is 9.59 Å². The zero-order valence-corrected chi connectivity index (χ0v) is 9.40. The lowest BCUT2D eigenvalue weighted by atomic mass is 10.1. The van der Waals surface area contributed by atoms with E-state index in [-0.39, 0.29) is 11.8 Å². The molecule has 4 N–H and O–H groups in total. The number of carbonyl (C=O) groups excluding carboxylic acids is 2. The minimum Gasteiger partial charge on any atom is -0.344 e. The summed E-state index contributed by atoms with van der Waals surface area (Å²) in [4.78, 5) is 22.9. The highest BCUT2D eigenvalue weighted by molar-refractivity contribution is 5.99. The van der Waals surface area contributed by atoms with Crippen LogP contribution in [0.2, 0.25) is 0 Å². The normalized spacial score (nSPS) is 18.9. The topological polar surface area (TPSA) is 84.2 Å². The van der Waals surface area contributed by atoms with E-state index in [1.165, 1.54) is 0 Å². The van der Waals surface area contributed by atoms with Crippen molar-refractivity contribution in [2.24, 2.45) is 5.73 Å². The Morgan fingerprint density at radius 1 is 1.47 bits per heavy atom. The van der Waals surface area contributed by atoms with Gasteiger partial charge in [0.25, 0.3) is 0 Å². The molecule has 1 fully saturated rings. The first-order valence-electron chi connectivity index (χ1n) is 5.59. The Bertz CT molecular complexity index is 445. The highest BCUT2D eigenvalue weighted by Gasteiger charge is 2.27. The van der Waals surface area contributed by atoms with Gasteiger partial charge < -0.3 is 16.4 Å². The minimum atomic E-state index is -0.423. The molecule has 5 nitrogen and oxygen atoms in total. The van der Waals surface area contributed by atoms with E-state index in [2.05, 4.69) is 10.6 Å². The lowest BCUT2D eigenvalue weighted by Gasteiger charge is -2.13. The van der Waals surface area contributed by atoms with Gasteiger partial charge in [-0.05, 0) is 18.1 Å². The van der Waals surface area contributed by atoms with Crippen LogP contribution in [-0.2, 0) is 16.1 Å². The maximum atomic E-state index is 11.9. The predicted molar refractivity (Wildman–Crippen MR) is 64.1 cm³/mol. The summed E-state index contributed by atoms with van der Waals surface area (Å²) in [6.07, 6.45) is 0.964. The number of hydrogen-bond acceptors (Lipinski definition) is 3. The van der Waals surface area contributed by atoms with Gasteiger partial charge in [-0.25, -0.2) is 0 Å². The summed E-state index contributed by atoms with van der Waals surface area (Å²) in [5.74, 6) is -0.256. The molecular weight excluding hydrogens is 218 g/mol. The number of anilines is 1. The number of carbonyl (C=O) groups is 2.